The molecule has 4 rings (SSSR count). The molecule has 8 heteroatoms. The second kappa shape index (κ2) is 8.42. The van der Waals surface area contributed by atoms with Gasteiger partial charge in [-0.1, -0.05) is 21.1 Å². The Hall–Kier alpha value is -2.74. The van der Waals surface area contributed by atoms with E-state index in [4.69, 9.17) is 9.26 Å². The third-order valence-corrected chi connectivity index (χ3v) is 6.19. The first-order valence-electron chi connectivity index (χ1n) is 10.3. The number of nitrogens with zero attached hydrogens (tertiary/aromatic N) is 3. The van der Waals surface area contributed by atoms with Crippen LogP contribution in [0, 0.1) is 13.8 Å². The molecular formula is C23H24BrN3O4. The summed E-state index contributed by atoms with van der Waals surface area (Å²) in [7, 11) is 1.91. The summed E-state index contributed by atoms with van der Waals surface area (Å²) >= 11 is 3.52. The van der Waals surface area contributed by atoms with Crippen molar-refractivity contribution < 1.29 is 18.8 Å². The fourth-order valence-corrected chi connectivity index (χ4v) is 4.22. The number of hydrogen-bond donors (Lipinski definition) is 0. The zero-order valence-corrected chi connectivity index (χ0v) is 19.6. The summed E-state index contributed by atoms with van der Waals surface area (Å²) in [6.07, 6.45) is 2.38. The van der Waals surface area contributed by atoms with Crippen molar-refractivity contribution >= 4 is 27.7 Å². The van der Waals surface area contributed by atoms with Gasteiger partial charge in [-0.25, -0.2) is 4.79 Å². The minimum atomic E-state index is -0.640. The number of carbonyl (C=O) groups excluding carboxylic acids is 2. The van der Waals surface area contributed by atoms with Crippen LogP contribution in [0.1, 0.15) is 80.4 Å². The van der Waals surface area contributed by atoms with Gasteiger partial charge in [-0.2, -0.15) is 5.10 Å². The minimum absolute atomic E-state index is 0.0450. The highest BCUT2D eigenvalue weighted by Crippen LogP contribution is 2.43. The zero-order chi connectivity index (χ0) is 22.3. The molecule has 1 aromatic carbocycles. The van der Waals surface area contributed by atoms with Gasteiger partial charge in [0, 0.05) is 40.7 Å². The van der Waals surface area contributed by atoms with Crippen molar-refractivity contribution in [3.63, 3.8) is 0 Å². The van der Waals surface area contributed by atoms with Gasteiger partial charge in [0.25, 0.3) is 0 Å². The minimum Gasteiger partial charge on any atom is -0.461 e. The normalized spacial score (nSPS) is 13.5. The van der Waals surface area contributed by atoms with E-state index in [0.29, 0.717) is 17.7 Å². The van der Waals surface area contributed by atoms with Gasteiger partial charge >= 0.3 is 5.97 Å². The maximum atomic E-state index is 13.7. The fourth-order valence-electron chi connectivity index (χ4n) is 3.81. The first kappa shape index (κ1) is 21.5. The lowest BCUT2D eigenvalue weighted by Crippen LogP contribution is -2.14. The van der Waals surface area contributed by atoms with E-state index in [-0.39, 0.29) is 29.6 Å². The van der Waals surface area contributed by atoms with Crippen molar-refractivity contribution in [2.24, 2.45) is 7.05 Å². The summed E-state index contributed by atoms with van der Waals surface area (Å²) in [5.74, 6) is -0.306. The van der Waals surface area contributed by atoms with E-state index < -0.39 is 5.97 Å². The Morgan fingerprint density at radius 3 is 2.65 bits per heavy atom. The van der Waals surface area contributed by atoms with Gasteiger partial charge in [-0.15, -0.1) is 0 Å². The van der Waals surface area contributed by atoms with Gasteiger partial charge in [0.05, 0.1) is 12.3 Å². The molecule has 0 bridgehead atoms. The molecule has 0 unspecified atom stereocenters. The molecule has 0 spiro atoms. The molecule has 1 aliphatic carbocycles. The van der Waals surface area contributed by atoms with E-state index in [1.54, 1.807) is 13.0 Å². The predicted octanol–water partition coefficient (Wildman–Crippen LogP) is 4.66. The van der Waals surface area contributed by atoms with Gasteiger partial charge in [0.2, 0.25) is 5.69 Å². The van der Waals surface area contributed by atoms with Crippen molar-refractivity contribution in [3.8, 4) is 0 Å². The summed E-state index contributed by atoms with van der Waals surface area (Å²) in [5, 5.41) is 8.40. The molecule has 2 aromatic heterocycles. The Kier molecular flexibility index (Phi) is 5.83. The number of ketones is 1. The van der Waals surface area contributed by atoms with Crippen LogP contribution in [0.25, 0.3) is 0 Å². The molecule has 0 aliphatic heterocycles. The van der Waals surface area contributed by atoms with E-state index in [0.717, 1.165) is 39.8 Å². The van der Waals surface area contributed by atoms with Gasteiger partial charge < -0.3 is 9.26 Å². The second-order valence-corrected chi connectivity index (χ2v) is 8.76. The predicted molar refractivity (Wildman–Crippen MR) is 117 cm³/mol. The van der Waals surface area contributed by atoms with Crippen LogP contribution >= 0.6 is 15.9 Å². The monoisotopic (exact) mass is 485 g/mol. The highest BCUT2D eigenvalue weighted by Gasteiger charge is 2.38. The summed E-state index contributed by atoms with van der Waals surface area (Å²) in [6.45, 7) is 5.89. The van der Waals surface area contributed by atoms with Crippen LogP contribution in [0.2, 0.25) is 0 Å². The highest BCUT2D eigenvalue weighted by atomic mass is 79.9. The molecule has 0 amide bonds. The molecule has 7 nitrogen and oxygen atoms in total. The van der Waals surface area contributed by atoms with E-state index >= 15 is 0 Å². The van der Waals surface area contributed by atoms with Gasteiger partial charge in [0.1, 0.15) is 5.56 Å². The third-order valence-electron chi connectivity index (χ3n) is 5.70. The lowest BCUT2D eigenvalue weighted by molar-refractivity contribution is 0.0512. The molecule has 1 fully saturated rings. The lowest BCUT2D eigenvalue weighted by atomic mass is 9.92. The van der Waals surface area contributed by atoms with Gasteiger partial charge in [-0.05, 0) is 57.4 Å². The average Bonchev–Trinajstić information content (AvgIpc) is 3.43. The maximum absolute atomic E-state index is 13.7. The SMILES string of the molecule is CCOC(=O)c1noc(C2CC2)c1C(=O)c1ccc(Br)cc1Cc1c(C)nn(C)c1C. The van der Waals surface area contributed by atoms with Crippen molar-refractivity contribution in [1.29, 1.82) is 0 Å². The molecule has 0 radical (unpaired) electrons. The lowest BCUT2D eigenvalue weighted by Gasteiger charge is -2.11. The zero-order valence-electron chi connectivity index (χ0n) is 18.0. The largest absolute Gasteiger partial charge is 0.461 e. The van der Waals surface area contributed by atoms with Crippen LogP contribution in [0.3, 0.4) is 0 Å². The quantitative estimate of drug-likeness (QED) is 0.357. The number of benzene rings is 1. The molecular weight excluding hydrogens is 462 g/mol. The second-order valence-electron chi connectivity index (χ2n) is 7.85. The van der Waals surface area contributed by atoms with Crippen molar-refractivity contribution in [2.45, 2.75) is 46.0 Å². The Morgan fingerprint density at radius 1 is 1.29 bits per heavy atom. The van der Waals surface area contributed by atoms with E-state index in [9.17, 15) is 9.59 Å². The number of rotatable bonds is 7. The number of esters is 1. The van der Waals surface area contributed by atoms with Gasteiger partial charge in [0.15, 0.2) is 11.5 Å². The molecule has 1 aliphatic rings. The topological polar surface area (TPSA) is 87.2 Å². The van der Waals surface area contributed by atoms with Crippen LogP contribution in [-0.4, -0.2) is 33.3 Å². The molecule has 0 atom stereocenters. The summed E-state index contributed by atoms with van der Waals surface area (Å²) in [6, 6.07) is 5.54. The standard InChI is InChI=1S/C23H24BrN3O4/c1-5-30-23(29)20-19(22(31-26-20)14-6-7-14)21(28)17-9-8-16(24)10-15(17)11-18-12(2)25-27(4)13(18)3/h8-10,14H,5-7,11H2,1-4H3. The Bertz CT molecular complexity index is 1170. The van der Waals surface area contributed by atoms with E-state index in [2.05, 4.69) is 26.2 Å². The summed E-state index contributed by atoms with van der Waals surface area (Å²) in [4.78, 5) is 26.2. The Balaban J connectivity index is 1.80. The van der Waals surface area contributed by atoms with Gasteiger partial charge in [-0.3, -0.25) is 9.48 Å². The van der Waals surface area contributed by atoms with E-state index in [1.807, 2.05) is 37.7 Å². The van der Waals surface area contributed by atoms with Crippen LogP contribution in [0.4, 0.5) is 0 Å². The van der Waals surface area contributed by atoms with Crippen LogP contribution in [0.5, 0.6) is 0 Å². The number of halogens is 1. The van der Waals surface area contributed by atoms with Crippen LogP contribution < -0.4 is 0 Å². The third kappa shape index (κ3) is 4.08. The number of aryl methyl sites for hydroxylation is 2. The molecule has 0 N–H and O–H groups in total. The summed E-state index contributed by atoms with van der Waals surface area (Å²) < 4.78 is 13.3. The summed E-state index contributed by atoms with van der Waals surface area (Å²) in [5.41, 5.74) is 4.59. The van der Waals surface area contributed by atoms with Crippen molar-refractivity contribution in [2.75, 3.05) is 6.61 Å². The van der Waals surface area contributed by atoms with E-state index in [1.165, 1.54) is 0 Å². The molecule has 2 heterocycles. The fraction of sp³-hybridized carbons (Fsp3) is 0.391. The van der Waals surface area contributed by atoms with Crippen LogP contribution in [0.15, 0.2) is 27.2 Å². The first-order chi connectivity index (χ1) is 14.8. The molecule has 3 aromatic rings. The molecule has 1 saturated carbocycles. The molecule has 162 valence electrons. The van der Waals surface area contributed by atoms with Crippen LogP contribution in [-0.2, 0) is 18.2 Å². The first-order valence-corrected chi connectivity index (χ1v) is 11.1. The maximum Gasteiger partial charge on any atom is 0.361 e. The average molecular weight is 486 g/mol. The highest BCUT2D eigenvalue weighted by molar-refractivity contribution is 9.10. The smallest absolute Gasteiger partial charge is 0.361 e. The number of carbonyl (C=O) groups is 2. The van der Waals surface area contributed by atoms with Crippen molar-refractivity contribution in [3.05, 3.63) is 67.8 Å². The number of hydrogen-bond acceptors (Lipinski definition) is 6. The Labute approximate surface area is 188 Å². The number of aromatic nitrogens is 3. The molecule has 31 heavy (non-hydrogen) atoms. The van der Waals surface area contributed by atoms with Crippen molar-refractivity contribution in [1.82, 2.24) is 14.9 Å². The molecule has 0 saturated heterocycles. The number of ether oxygens (including phenoxy) is 1. The Morgan fingerprint density at radius 2 is 2.03 bits per heavy atom.